The van der Waals surface area contributed by atoms with Gasteiger partial charge in [0.15, 0.2) is 0 Å². The van der Waals surface area contributed by atoms with Gasteiger partial charge in [-0.15, -0.1) is 0 Å². The molecule has 0 amide bonds. The molecule has 0 radical (unpaired) electrons. The van der Waals surface area contributed by atoms with Gasteiger partial charge in [0.25, 0.3) is 0 Å². The number of aliphatic hydroxyl groups is 1. The maximum absolute atomic E-state index is 9.70. The lowest BCUT2D eigenvalue weighted by Gasteiger charge is -2.07. The lowest BCUT2D eigenvalue weighted by atomic mass is 10.0. The summed E-state index contributed by atoms with van der Waals surface area (Å²) in [6, 6.07) is 8.03. The van der Waals surface area contributed by atoms with E-state index < -0.39 is 6.10 Å². The molecule has 1 aliphatic rings. The Morgan fingerprint density at radius 3 is 2.57 bits per heavy atom. The molecular formula is C11H13NO2. The summed E-state index contributed by atoms with van der Waals surface area (Å²) in [7, 11) is 0. The molecule has 74 valence electrons. The molecule has 14 heavy (non-hydrogen) atoms. The molecule has 0 spiro atoms. The first-order chi connectivity index (χ1) is 6.81. The number of nitrogens with zero attached hydrogens (tertiary/aromatic N) is 1. The second-order valence-electron chi connectivity index (χ2n) is 3.58. The molecule has 0 aliphatic heterocycles. The van der Waals surface area contributed by atoms with Crippen LogP contribution in [-0.4, -0.2) is 22.1 Å². The van der Waals surface area contributed by atoms with Crippen LogP contribution in [-0.2, 0) is 12.8 Å². The molecule has 0 aromatic heterocycles. The highest BCUT2D eigenvalue weighted by Gasteiger charge is 2.19. The number of oxime groups is 1. The highest BCUT2D eigenvalue weighted by Crippen LogP contribution is 2.19. The lowest BCUT2D eigenvalue weighted by Crippen LogP contribution is -2.21. The molecule has 2 rings (SSSR count). The fourth-order valence-corrected chi connectivity index (χ4v) is 1.87. The molecule has 1 aliphatic carbocycles. The summed E-state index contributed by atoms with van der Waals surface area (Å²) < 4.78 is 0. The summed E-state index contributed by atoms with van der Waals surface area (Å²) in [6.07, 6.45) is 1.39. The van der Waals surface area contributed by atoms with Crippen LogP contribution < -0.4 is 0 Å². The van der Waals surface area contributed by atoms with Crippen molar-refractivity contribution in [2.45, 2.75) is 25.4 Å². The predicted molar refractivity (Wildman–Crippen MR) is 53.7 cm³/mol. The van der Waals surface area contributed by atoms with Crippen molar-refractivity contribution in [2.75, 3.05) is 0 Å². The van der Waals surface area contributed by atoms with E-state index in [0.29, 0.717) is 18.6 Å². The largest absolute Gasteiger partial charge is 0.411 e. The molecule has 1 aromatic rings. The smallest absolute Gasteiger partial charge is 0.0994 e. The highest BCUT2D eigenvalue weighted by atomic mass is 16.4. The second-order valence-corrected chi connectivity index (χ2v) is 3.58. The van der Waals surface area contributed by atoms with E-state index in [1.54, 1.807) is 0 Å². The molecule has 1 aromatic carbocycles. The quantitative estimate of drug-likeness (QED) is 0.369. The fourth-order valence-electron chi connectivity index (χ4n) is 1.87. The zero-order valence-electron chi connectivity index (χ0n) is 7.85. The Morgan fingerprint density at radius 2 is 1.86 bits per heavy atom. The number of rotatable bonds is 0. The van der Waals surface area contributed by atoms with Crippen LogP contribution in [0.2, 0.25) is 0 Å². The van der Waals surface area contributed by atoms with Gasteiger partial charge in [0, 0.05) is 6.42 Å². The van der Waals surface area contributed by atoms with Crippen molar-refractivity contribution < 1.29 is 10.3 Å². The Morgan fingerprint density at radius 1 is 1.14 bits per heavy atom. The van der Waals surface area contributed by atoms with Crippen molar-refractivity contribution >= 4 is 5.71 Å². The number of benzene rings is 1. The van der Waals surface area contributed by atoms with E-state index >= 15 is 0 Å². The molecule has 1 unspecified atom stereocenters. The standard InChI is InChI=1S/C11H13NO2/c13-11-7-9-4-2-1-3-8(9)5-6-10(11)12-14/h1-4,11,13-14H,5-7H2/b12-10-. The Bertz CT molecular complexity index is 360. The predicted octanol–water partition coefficient (Wildman–Crippen LogP) is 1.37. The van der Waals surface area contributed by atoms with Gasteiger partial charge in [-0.25, -0.2) is 0 Å². The molecule has 0 saturated carbocycles. The van der Waals surface area contributed by atoms with Crippen LogP contribution in [0.5, 0.6) is 0 Å². The molecule has 0 saturated heterocycles. The molecule has 1 atom stereocenters. The van der Waals surface area contributed by atoms with Gasteiger partial charge in [-0.05, 0) is 24.0 Å². The summed E-state index contributed by atoms with van der Waals surface area (Å²) in [5.41, 5.74) is 2.88. The van der Waals surface area contributed by atoms with Crippen LogP contribution in [0.25, 0.3) is 0 Å². The number of hydrogen-bond acceptors (Lipinski definition) is 3. The van der Waals surface area contributed by atoms with E-state index in [9.17, 15) is 5.11 Å². The zero-order valence-corrected chi connectivity index (χ0v) is 7.85. The zero-order chi connectivity index (χ0) is 9.97. The summed E-state index contributed by atoms with van der Waals surface area (Å²) in [4.78, 5) is 0. The van der Waals surface area contributed by atoms with E-state index in [4.69, 9.17) is 5.21 Å². The first-order valence-electron chi connectivity index (χ1n) is 4.77. The minimum Gasteiger partial charge on any atom is -0.411 e. The average Bonchev–Trinajstić information content (AvgIpc) is 2.36. The first-order valence-corrected chi connectivity index (χ1v) is 4.77. The minimum atomic E-state index is -0.636. The number of fused-ring (bicyclic) bond motifs is 1. The van der Waals surface area contributed by atoms with Gasteiger partial charge in [-0.1, -0.05) is 29.4 Å². The summed E-state index contributed by atoms with van der Waals surface area (Å²) >= 11 is 0. The summed E-state index contributed by atoms with van der Waals surface area (Å²) in [6.45, 7) is 0. The normalized spacial score (nSPS) is 24.4. The molecule has 0 bridgehead atoms. The van der Waals surface area contributed by atoms with Crippen LogP contribution in [0.3, 0.4) is 0 Å². The minimum absolute atomic E-state index is 0.487. The Labute approximate surface area is 82.7 Å². The third-order valence-corrected chi connectivity index (χ3v) is 2.70. The molecule has 0 heterocycles. The van der Waals surface area contributed by atoms with E-state index in [1.165, 1.54) is 5.56 Å². The van der Waals surface area contributed by atoms with Crippen molar-refractivity contribution in [1.82, 2.24) is 0 Å². The molecule has 3 heteroatoms. The highest BCUT2D eigenvalue weighted by molar-refractivity contribution is 5.89. The number of aryl methyl sites for hydroxylation is 1. The van der Waals surface area contributed by atoms with Gasteiger partial charge in [-0.2, -0.15) is 0 Å². The van der Waals surface area contributed by atoms with Crippen LogP contribution in [0.4, 0.5) is 0 Å². The Balaban J connectivity index is 2.32. The second kappa shape index (κ2) is 3.80. The first kappa shape index (κ1) is 9.21. The van der Waals surface area contributed by atoms with E-state index in [0.717, 1.165) is 12.0 Å². The molecular weight excluding hydrogens is 178 g/mol. The SMILES string of the molecule is O/N=C1/CCc2ccccc2CC1O. The van der Waals surface area contributed by atoms with Crippen molar-refractivity contribution in [3.05, 3.63) is 35.4 Å². The van der Waals surface area contributed by atoms with Crippen molar-refractivity contribution in [3.8, 4) is 0 Å². The maximum atomic E-state index is 9.70. The van der Waals surface area contributed by atoms with Crippen LogP contribution in [0.1, 0.15) is 17.5 Å². The Kier molecular flexibility index (Phi) is 2.50. The van der Waals surface area contributed by atoms with E-state index in [1.807, 2.05) is 18.2 Å². The molecule has 2 N–H and O–H groups in total. The molecule has 0 fully saturated rings. The van der Waals surface area contributed by atoms with Crippen LogP contribution >= 0.6 is 0 Å². The molecule has 3 nitrogen and oxygen atoms in total. The van der Waals surface area contributed by atoms with Gasteiger partial charge < -0.3 is 10.3 Å². The van der Waals surface area contributed by atoms with Crippen LogP contribution in [0, 0.1) is 0 Å². The van der Waals surface area contributed by atoms with E-state index in [2.05, 4.69) is 11.2 Å². The van der Waals surface area contributed by atoms with Crippen molar-refractivity contribution in [3.63, 3.8) is 0 Å². The monoisotopic (exact) mass is 191 g/mol. The summed E-state index contributed by atoms with van der Waals surface area (Å²) in [5.74, 6) is 0. The van der Waals surface area contributed by atoms with Crippen molar-refractivity contribution in [1.29, 1.82) is 0 Å². The number of hydrogen-bond donors (Lipinski definition) is 2. The summed E-state index contributed by atoms with van der Waals surface area (Å²) in [5, 5.41) is 21.5. The van der Waals surface area contributed by atoms with Gasteiger partial charge in [-0.3, -0.25) is 0 Å². The van der Waals surface area contributed by atoms with Gasteiger partial charge in [0.05, 0.1) is 11.8 Å². The topological polar surface area (TPSA) is 52.8 Å². The van der Waals surface area contributed by atoms with Gasteiger partial charge >= 0.3 is 0 Å². The van der Waals surface area contributed by atoms with Crippen LogP contribution in [0.15, 0.2) is 29.4 Å². The Hall–Kier alpha value is -1.35. The van der Waals surface area contributed by atoms with E-state index in [-0.39, 0.29) is 0 Å². The lowest BCUT2D eigenvalue weighted by molar-refractivity contribution is 0.229. The van der Waals surface area contributed by atoms with Gasteiger partial charge in [0.1, 0.15) is 0 Å². The third-order valence-electron chi connectivity index (χ3n) is 2.70. The van der Waals surface area contributed by atoms with Crippen molar-refractivity contribution in [2.24, 2.45) is 5.16 Å². The third kappa shape index (κ3) is 1.63. The maximum Gasteiger partial charge on any atom is 0.0994 e. The number of aliphatic hydroxyl groups excluding tert-OH is 1. The average molecular weight is 191 g/mol. The fraction of sp³-hybridized carbons (Fsp3) is 0.364. The van der Waals surface area contributed by atoms with Gasteiger partial charge in [0.2, 0.25) is 0 Å².